The van der Waals surface area contributed by atoms with Crippen LogP contribution in [-0.2, 0) is 9.59 Å². The lowest BCUT2D eigenvalue weighted by atomic mass is 9.88. The zero-order chi connectivity index (χ0) is 21.1. The molecule has 2 aliphatic rings. The standard InChI is InChI=1S/C24H27N3O3/c1-17-11-12-20(30-2)19(15-17)25-21(28)16-27-23(29)22(18-9-5-3-6-10-18)26-24(27)13-7-4-8-14-24/h3,5-6,9-12,15H,4,7-8,13-14,16H2,1-2H3,(H,25,28). The van der Waals surface area contributed by atoms with Gasteiger partial charge in [-0.1, -0.05) is 42.8 Å². The molecule has 0 radical (unpaired) electrons. The van der Waals surface area contributed by atoms with Crippen molar-refractivity contribution in [3.63, 3.8) is 0 Å². The van der Waals surface area contributed by atoms with E-state index in [4.69, 9.17) is 9.73 Å². The zero-order valence-electron chi connectivity index (χ0n) is 17.5. The summed E-state index contributed by atoms with van der Waals surface area (Å²) in [6, 6.07) is 15.1. The molecule has 0 bridgehead atoms. The number of carbonyl (C=O) groups is 2. The molecule has 1 aliphatic heterocycles. The molecule has 2 aromatic carbocycles. The van der Waals surface area contributed by atoms with Crippen molar-refractivity contribution < 1.29 is 14.3 Å². The van der Waals surface area contributed by atoms with Gasteiger partial charge in [-0.25, -0.2) is 0 Å². The lowest BCUT2D eigenvalue weighted by Gasteiger charge is -2.38. The molecule has 1 aliphatic carbocycles. The Morgan fingerprint density at radius 3 is 2.57 bits per heavy atom. The van der Waals surface area contributed by atoms with E-state index < -0.39 is 5.66 Å². The molecule has 0 saturated heterocycles. The van der Waals surface area contributed by atoms with Crippen LogP contribution in [0, 0.1) is 6.92 Å². The highest BCUT2D eigenvalue weighted by Crippen LogP contribution is 2.39. The molecule has 1 fully saturated rings. The van der Waals surface area contributed by atoms with Crippen LogP contribution in [-0.4, -0.2) is 41.7 Å². The van der Waals surface area contributed by atoms with Crippen LogP contribution in [0.3, 0.4) is 0 Å². The Morgan fingerprint density at radius 2 is 1.87 bits per heavy atom. The first-order chi connectivity index (χ1) is 14.5. The predicted octanol–water partition coefficient (Wildman–Crippen LogP) is 3.93. The lowest BCUT2D eigenvalue weighted by Crippen LogP contribution is -2.51. The minimum absolute atomic E-state index is 0.0320. The Hall–Kier alpha value is -3.15. The third-order valence-electron chi connectivity index (χ3n) is 5.90. The number of rotatable bonds is 5. The number of anilines is 1. The number of carbonyl (C=O) groups excluding carboxylic acids is 2. The van der Waals surface area contributed by atoms with Crippen molar-refractivity contribution in [2.45, 2.75) is 44.7 Å². The fraction of sp³-hybridized carbons (Fsp3) is 0.375. The van der Waals surface area contributed by atoms with Gasteiger partial charge in [-0.05, 0) is 50.3 Å². The van der Waals surface area contributed by atoms with Gasteiger partial charge in [0, 0.05) is 5.56 Å². The predicted molar refractivity (Wildman–Crippen MR) is 117 cm³/mol. The number of hydrogen-bond acceptors (Lipinski definition) is 4. The first-order valence-electron chi connectivity index (χ1n) is 10.4. The fourth-order valence-electron chi connectivity index (χ4n) is 4.39. The van der Waals surface area contributed by atoms with E-state index in [1.54, 1.807) is 12.0 Å². The van der Waals surface area contributed by atoms with E-state index in [1.807, 2.05) is 55.5 Å². The molecule has 0 atom stereocenters. The number of benzene rings is 2. The number of nitrogens with zero attached hydrogens (tertiary/aromatic N) is 2. The number of amides is 2. The Kier molecular flexibility index (Phi) is 5.57. The maximum absolute atomic E-state index is 13.3. The summed E-state index contributed by atoms with van der Waals surface area (Å²) in [5.41, 5.74) is 2.26. The van der Waals surface area contributed by atoms with E-state index in [-0.39, 0.29) is 18.4 Å². The van der Waals surface area contributed by atoms with Gasteiger partial charge in [-0.2, -0.15) is 0 Å². The second-order valence-corrected chi connectivity index (χ2v) is 8.01. The average Bonchev–Trinajstić information content (AvgIpc) is 3.01. The first kappa shape index (κ1) is 20.1. The second-order valence-electron chi connectivity index (χ2n) is 8.01. The molecule has 156 valence electrons. The number of nitrogens with one attached hydrogen (secondary N) is 1. The van der Waals surface area contributed by atoms with Crippen molar-refractivity contribution >= 4 is 23.2 Å². The van der Waals surface area contributed by atoms with Gasteiger partial charge in [-0.15, -0.1) is 0 Å². The van der Waals surface area contributed by atoms with Gasteiger partial charge >= 0.3 is 0 Å². The maximum atomic E-state index is 13.3. The Morgan fingerprint density at radius 1 is 1.13 bits per heavy atom. The minimum Gasteiger partial charge on any atom is -0.495 e. The number of aryl methyl sites for hydroxylation is 1. The third-order valence-corrected chi connectivity index (χ3v) is 5.90. The second kappa shape index (κ2) is 8.30. The molecule has 6 heteroatoms. The number of ether oxygens (including phenoxy) is 1. The van der Waals surface area contributed by atoms with Crippen molar-refractivity contribution in [2.24, 2.45) is 4.99 Å². The molecule has 1 heterocycles. The molecule has 0 unspecified atom stereocenters. The van der Waals surface area contributed by atoms with Crippen LogP contribution in [0.5, 0.6) is 5.75 Å². The molecule has 30 heavy (non-hydrogen) atoms. The summed E-state index contributed by atoms with van der Waals surface area (Å²) in [7, 11) is 1.57. The summed E-state index contributed by atoms with van der Waals surface area (Å²) in [6.07, 6.45) is 4.71. The van der Waals surface area contributed by atoms with Crippen LogP contribution >= 0.6 is 0 Å². The molecular weight excluding hydrogens is 378 g/mol. The highest BCUT2D eigenvalue weighted by Gasteiger charge is 2.48. The van der Waals surface area contributed by atoms with Crippen molar-refractivity contribution in [2.75, 3.05) is 19.0 Å². The molecule has 4 rings (SSSR count). The summed E-state index contributed by atoms with van der Waals surface area (Å²) < 4.78 is 5.36. The van der Waals surface area contributed by atoms with Gasteiger partial charge in [0.2, 0.25) is 5.91 Å². The Bertz CT molecular complexity index is 978. The van der Waals surface area contributed by atoms with E-state index in [0.717, 1.165) is 43.2 Å². The van der Waals surface area contributed by atoms with Gasteiger partial charge in [0.15, 0.2) is 0 Å². The quantitative estimate of drug-likeness (QED) is 0.819. The van der Waals surface area contributed by atoms with Gasteiger partial charge in [0.25, 0.3) is 5.91 Å². The van der Waals surface area contributed by atoms with Crippen molar-refractivity contribution in [3.8, 4) is 5.75 Å². The van der Waals surface area contributed by atoms with Crippen LogP contribution in [0.25, 0.3) is 0 Å². The van der Waals surface area contributed by atoms with Crippen LogP contribution in [0.2, 0.25) is 0 Å². The number of aliphatic imine (C=N–C) groups is 1. The highest BCUT2D eigenvalue weighted by molar-refractivity contribution is 6.47. The van der Waals surface area contributed by atoms with E-state index in [2.05, 4.69) is 5.32 Å². The monoisotopic (exact) mass is 405 g/mol. The average molecular weight is 405 g/mol. The molecular formula is C24H27N3O3. The van der Waals surface area contributed by atoms with Gasteiger partial charge in [0.05, 0.1) is 12.8 Å². The van der Waals surface area contributed by atoms with Gasteiger partial charge in [-0.3, -0.25) is 14.6 Å². The van der Waals surface area contributed by atoms with Crippen LogP contribution in [0.4, 0.5) is 5.69 Å². The molecule has 0 aromatic heterocycles. The van der Waals surface area contributed by atoms with Crippen LogP contribution < -0.4 is 10.1 Å². The normalized spacial score (nSPS) is 17.7. The first-order valence-corrected chi connectivity index (χ1v) is 10.4. The number of hydrogen-bond donors (Lipinski definition) is 1. The minimum atomic E-state index is -0.617. The molecule has 2 aromatic rings. The Labute approximate surface area is 176 Å². The van der Waals surface area contributed by atoms with Gasteiger partial charge < -0.3 is 15.0 Å². The van der Waals surface area contributed by atoms with E-state index in [1.165, 1.54) is 0 Å². The van der Waals surface area contributed by atoms with Crippen molar-refractivity contribution in [1.29, 1.82) is 0 Å². The largest absolute Gasteiger partial charge is 0.495 e. The van der Waals surface area contributed by atoms with Crippen LogP contribution in [0.1, 0.15) is 43.2 Å². The summed E-state index contributed by atoms with van der Waals surface area (Å²) >= 11 is 0. The summed E-state index contributed by atoms with van der Waals surface area (Å²) in [5, 5.41) is 2.92. The van der Waals surface area contributed by atoms with E-state index in [0.29, 0.717) is 17.1 Å². The SMILES string of the molecule is COc1ccc(C)cc1NC(=O)CN1C(=O)C(c2ccccc2)=NC12CCCCC2. The van der Waals surface area contributed by atoms with E-state index in [9.17, 15) is 9.59 Å². The third kappa shape index (κ3) is 3.82. The summed E-state index contributed by atoms with van der Waals surface area (Å²) in [4.78, 5) is 32.9. The lowest BCUT2D eigenvalue weighted by molar-refractivity contribution is -0.134. The highest BCUT2D eigenvalue weighted by atomic mass is 16.5. The maximum Gasteiger partial charge on any atom is 0.275 e. The number of methoxy groups -OCH3 is 1. The summed E-state index contributed by atoms with van der Waals surface area (Å²) in [6.45, 7) is 1.92. The molecule has 2 amide bonds. The molecule has 1 spiro atoms. The van der Waals surface area contributed by atoms with Gasteiger partial charge in [0.1, 0.15) is 23.7 Å². The van der Waals surface area contributed by atoms with Crippen molar-refractivity contribution in [1.82, 2.24) is 4.90 Å². The van der Waals surface area contributed by atoms with Crippen LogP contribution in [0.15, 0.2) is 53.5 Å². The van der Waals surface area contributed by atoms with Crippen molar-refractivity contribution in [3.05, 3.63) is 59.7 Å². The van der Waals surface area contributed by atoms with E-state index >= 15 is 0 Å². The molecule has 1 N–H and O–H groups in total. The molecule has 6 nitrogen and oxygen atoms in total. The Balaban J connectivity index is 1.59. The topological polar surface area (TPSA) is 71.0 Å². The smallest absolute Gasteiger partial charge is 0.275 e. The fourth-order valence-corrected chi connectivity index (χ4v) is 4.39. The summed E-state index contributed by atoms with van der Waals surface area (Å²) in [5.74, 6) is 0.173. The zero-order valence-corrected chi connectivity index (χ0v) is 17.5. The molecule has 1 saturated carbocycles.